The molecule has 0 radical (unpaired) electrons. The van der Waals surface area contributed by atoms with Gasteiger partial charge in [-0.1, -0.05) is 6.07 Å². The predicted molar refractivity (Wildman–Crippen MR) is 127 cm³/mol. The number of thioether (sulfide) groups is 1. The number of carbonyl (C=O) groups excluding carboxylic acids is 4. The molecule has 0 aromatic heterocycles. The van der Waals surface area contributed by atoms with E-state index in [1.807, 2.05) is 0 Å². The number of esters is 1. The Morgan fingerprint density at radius 1 is 1.06 bits per heavy atom. The third-order valence-electron chi connectivity index (χ3n) is 5.47. The molecule has 0 aliphatic carbocycles. The molecule has 0 N–H and O–H groups in total. The minimum atomic E-state index is -0.678. The molecule has 2 aromatic rings. The summed E-state index contributed by atoms with van der Waals surface area (Å²) in [6, 6.07) is 9.66. The second-order valence-electron chi connectivity index (χ2n) is 7.89. The van der Waals surface area contributed by atoms with E-state index in [-0.39, 0.29) is 34.4 Å². The first kappa shape index (κ1) is 24.5. The fourth-order valence-corrected chi connectivity index (χ4v) is 4.54. The number of imide groups is 1. The Labute approximate surface area is 205 Å². The highest BCUT2D eigenvalue weighted by atomic mass is 32.2. The number of amides is 3. The normalized spacial score (nSPS) is 16.8. The van der Waals surface area contributed by atoms with Crippen LogP contribution in [0.15, 0.2) is 47.4 Å². The van der Waals surface area contributed by atoms with Gasteiger partial charge in [-0.3, -0.25) is 19.3 Å². The maximum Gasteiger partial charge on any atom is 0.343 e. The molecule has 2 heterocycles. The van der Waals surface area contributed by atoms with E-state index in [0.29, 0.717) is 25.3 Å². The van der Waals surface area contributed by atoms with Crippen LogP contribution >= 0.6 is 11.8 Å². The molecule has 0 unspecified atom stereocenters. The van der Waals surface area contributed by atoms with Gasteiger partial charge in [-0.15, -0.1) is 0 Å². The number of carbonyl (C=O) groups is 4. The molecule has 2 aliphatic rings. The Morgan fingerprint density at radius 3 is 2.46 bits per heavy atom. The topological polar surface area (TPSA) is 93.2 Å². The van der Waals surface area contributed by atoms with Crippen molar-refractivity contribution in [1.29, 1.82) is 0 Å². The van der Waals surface area contributed by atoms with Crippen LogP contribution in [0.25, 0.3) is 6.08 Å². The van der Waals surface area contributed by atoms with Gasteiger partial charge in [0.15, 0.2) is 11.5 Å². The SMILES string of the molecule is CCOc1cc(/C=C2\SC(=O)N(CC(=O)N3CCCC3)C2=O)ccc1OC(=O)c1ccc(F)cc1. The van der Waals surface area contributed by atoms with E-state index in [4.69, 9.17) is 9.47 Å². The number of halogens is 1. The number of hydrogen-bond donors (Lipinski definition) is 0. The molecule has 182 valence electrons. The molecule has 4 rings (SSSR count). The fourth-order valence-electron chi connectivity index (χ4n) is 3.70. The number of rotatable bonds is 7. The highest BCUT2D eigenvalue weighted by Crippen LogP contribution is 2.35. The van der Waals surface area contributed by atoms with Gasteiger partial charge in [0, 0.05) is 13.1 Å². The molecular weight excluding hydrogens is 475 g/mol. The highest BCUT2D eigenvalue weighted by molar-refractivity contribution is 8.18. The van der Waals surface area contributed by atoms with E-state index >= 15 is 0 Å². The van der Waals surface area contributed by atoms with Gasteiger partial charge < -0.3 is 14.4 Å². The number of ether oxygens (including phenoxy) is 2. The van der Waals surface area contributed by atoms with Crippen molar-refractivity contribution >= 4 is 40.9 Å². The summed E-state index contributed by atoms with van der Waals surface area (Å²) >= 11 is 0.765. The van der Waals surface area contributed by atoms with E-state index in [0.717, 1.165) is 41.6 Å². The average molecular weight is 499 g/mol. The van der Waals surface area contributed by atoms with Crippen LogP contribution in [-0.4, -0.2) is 59.1 Å². The highest BCUT2D eigenvalue weighted by Gasteiger charge is 2.37. The van der Waals surface area contributed by atoms with Gasteiger partial charge in [0.25, 0.3) is 11.1 Å². The lowest BCUT2D eigenvalue weighted by Crippen LogP contribution is -2.40. The van der Waals surface area contributed by atoms with E-state index in [1.165, 1.54) is 24.3 Å². The van der Waals surface area contributed by atoms with Crippen molar-refractivity contribution in [2.24, 2.45) is 0 Å². The van der Waals surface area contributed by atoms with Crippen molar-refractivity contribution in [2.45, 2.75) is 19.8 Å². The van der Waals surface area contributed by atoms with E-state index < -0.39 is 22.9 Å². The molecule has 0 bridgehead atoms. The zero-order valence-electron chi connectivity index (χ0n) is 19.0. The minimum Gasteiger partial charge on any atom is -0.490 e. The Morgan fingerprint density at radius 2 is 1.77 bits per heavy atom. The predicted octanol–water partition coefficient (Wildman–Crippen LogP) is 4.10. The molecule has 3 amide bonds. The van der Waals surface area contributed by atoms with Gasteiger partial charge in [-0.25, -0.2) is 9.18 Å². The molecule has 2 aliphatic heterocycles. The number of hydrogen-bond acceptors (Lipinski definition) is 7. The van der Waals surface area contributed by atoms with Gasteiger partial charge in [-0.05, 0) is 79.6 Å². The summed E-state index contributed by atoms with van der Waals surface area (Å²) in [7, 11) is 0. The summed E-state index contributed by atoms with van der Waals surface area (Å²) in [5.74, 6) is -1.50. The van der Waals surface area contributed by atoms with Crippen LogP contribution in [0.1, 0.15) is 35.7 Å². The molecule has 2 aromatic carbocycles. The van der Waals surface area contributed by atoms with Gasteiger partial charge in [0.05, 0.1) is 17.1 Å². The maximum atomic E-state index is 13.1. The smallest absolute Gasteiger partial charge is 0.343 e. The van der Waals surface area contributed by atoms with E-state index in [9.17, 15) is 23.6 Å². The van der Waals surface area contributed by atoms with Crippen molar-refractivity contribution in [3.63, 3.8) is 0 Å². The Bertz CT molecular complexity index is 1190. The first-order chi connectivity index (χ1) is 16.9. The molecule has 2 fully saturated rings. The van der Waals surface area contributed by atoms with E-state index in [2.05, 4.69) is 0 Å². The second kappa shape index (κ2) is 10.7. The quantitative estimate of drug-likeness (QED) is 0.322. The molecular formula is C25H23FN2O6S. The number of nitrogens with zero attached hydrogens (tertiary/aromatic N) is 2. The molecule has 0 atom stereocenters. The van der Waals surface area contributed by atoms with Crippen molar-refractivity contribution in [3.8, 4) is 11.5 Å². The van der Waals surface area contributed by atoms with Gasteiger partial charge in [-0.2, -0.15) is 0 Å². The number of likely N-dealkylation sites (tertiary alicyclic amines) is 1. The van der Waals surface area contributed by atoms with Crippen molar-refractivity contribution in [1.82, 2.24) is 9.80 Å². The first-order valence-electron chi connectivity index (χ1n) is 11.1. The summed E-state index contributed by atoms with van der Waals surface area (Å²) in [4.78, 5) is 52.8. The third kappa shape index (κ3) is 5.71. The van der Waals surface area contributed by atoms with Crippen molar-refractivity contribution in [2.75, 3.05) is 26.2 Å². The number of benzene rings is 2. The molecule has 2 saturated heterocycles. The summed E-state index contributed by atoms with van der Waals surface area (Å²) in [5, 5.41) is -0.497. The van der Waals surface area contributed by atoms with Crippen LogP contribution in [0, 0.1) is 5.82 Å². The van der Waals surface area contributed by atoms with Gasteiger partial charge in [0.1, 0.15) is 12.4 Å². The lowest BCUT2D eigenvalue weighted by atomic mass is 10.1. The van der Waals surface area contributed by atoms with Crippen LogP contribution in [0.2, 0.25) is 0 Å². The van der Waals surface area contributed by atoms with Gasteiger partial charge >= 0.3 is 5.97 Å². The fraction of sp³-hybridized carbons (Fsp3) is 0.280. The van der Waals surface area contributed by atoms with E-state index in [1.54, 1.807) is 24.0 Å². The zero-order valence-corrected chi connectivity index (χ0v) is 19.8. The van der Waals surface area contributed by atoms with Crippen LogP contribution in [0.3, 0.4) is 0 Å². The van der Waals surface area contributed by atoms with Gasteiger partial charge in [0.2, 0.25) is 5.91 Å². The monoisotopic (exact) mass is 498 g/mol. The lowest BCUT2D eigenvalue weighted by molar-refractivity contribution is -0.135. The third-order valence-corrected chi connectivity index (χ3v) is 6.38. The second-order valence-corrected chi connectivity index (χ2v) is 8.88. The molecule has 8 nitrogen and oxygen atoms in total. The summed E-state index contributed by atoms with van der Waals surface area (Å²) in [5.41, 5.74) is 0.724. The average Bonchev–Trinajstić information content (AvgIpc) is 3.46. The van der Waals surface area contributed by atoms with Crippen LogP contribution in [0.4, 0.5) is 9.18 Å². The summed E-state index contributed by atoms with van der Waals surface area (Å²) < 4.78 is 24.1. The summed E-state index contributed by atoms with van der Waals surface area (Å²) in [6.45, 7) is 3.07. The largest absolute Gasteiger partial charge is 0.490 e. The molecule has 35 heavy (non-hydrogen) atoms. The Balaban J connectivity index is 1.49. The van der Waals surface area contributed by atoms with Crippen LogP contribution in [-0.2, 0) is 9.59 Å². The van der Waals surface area contributed by atoms with Crippen molar-refractivity contribution in [3.05, 3.63) is 64.3 Å². The zero-order chi connectivity index (χ0) is 24.9. The Kier molecular flexibility index (Phi) is 7.50. The maximum absolute atomic E-state index is 13.1. The molecule has 0 spiro atoms. The lowest BCUT2D eigenvalue weighted by Gasteiger charge is -2.18. The summed E-state index contributed by atoms with van der Waals surface area (Å²) in [6.07, 6.45) is 3.37. The molecule has 10 heteroatoms. The Hall–Kier alpha value is -3.66. The first-order valence-corrected chi connectivity index (χ1v) is 11.9. The van der Waals surface area contributed by atoms with Crippen LogP contribution in [0.5, 0.6) is 11.5 Å². The van der Waals surface area contributed by atoms with Crippen LogP contribution < -0.4 is 9.47 Å². The molecule has 0 saturated carbocycles. The van der Waals surface area contributed by atoms with Crippen molar-refractivity contribution < 1.29 is 33.0 Å². The minimum absolute atomic E-state index is 0.155. The standard InChI is InChI=1S/C25H23FN2O6S/c1-2-33-20-13-16(5-10-19(20)34-24(31)17-6-8-18(26)9-7-17)14-21-23(30)28(25(32)35-21)15-22(29)27-11-3-4-12-27/h5-10,13-14H,2-4,11-12,15H2,1H3/b21-14-.